The molecule has 20 heavy (non-hydrogen) atoms. The summed E-state index contributed by atoms with van der Waals surface area (Å²) in [4.78, 5) is 12.0. The van der Waals surface area contributed by atoms with Crippen LogP contribution < -0.4 is 11.1 Å². The molecule has 104 valence electrons. The topological polar surface area (TPSA) is 55.1 Å². The number of carbonyl (C=O) groups is 1. The van der Waals surface area contributed by atoms with Gasteiger partial charge in [-0.2, -0.15) is 0 Å². The number of rotatable bonds is 3. The van der Waals surface area contributed by atoms with Crippen molar-refractivity contribution < 1.29 is 13.6 Å². The van der Waals surface area contributed by atoms with Crippen molar-refractivity contribution >= 4 is 11.6 Å². The van der Waals surface area contributed by atoms with Gasteiger partial charge in [-0.1, -0.05) is 12.1 Å². The molecule has 0 spiro atoms. The van der Waals surface area contributed by atoms with Crippen LogP contribution in [0.25, 0.3) is 0 Å². The van der Waals surface area contributed by atoms with E-state index in [1.165, 1.54) is 24.3 Å². The molecule has 0 aliphatic heterocycles. The highest BCUT2D eigenvalue weighted by molar-refractivity contribution is 5.94. The molecule has 3 nitrogen and oxygen atoms in total. The standard InChI is InChI=1S/C15H14F2N2O/c1-9(10-2-5-12(16)6-3-10)19-15(20)11-4-7-14(18)13(17)8-11/h2-9H,18H2,1H3,(H,19,20)/t9-/m0/s1. The van der Waals surface area contributed by atoms with Crippen molar-refractivity contribution in [2.75, 3.05) is 5.73 Å². The largest absolute Gasteiger partial charge is 0.396 e. The van der Waals surface area contributed by atoms with Gasteiger partial charge in [0.05, 0.1) is 11.7 Å². The number of nitrogens with two attached hydrogens (primary N) is 1. The van der Waals surface area contributed by atoms with E-state index in [4.69, 9.17) is 5.73 Å². The van der Waals surface area contributed by atoms with Gasteiger partial charge in [-0.25, -0.2) is 8.78 Å². The van der Waals surface area contributed by atoms with Crippen LogP contribution in [-0.4, -0.2) is 5.91 Å². The monoisotopic (exact) mass is 276 g/mol. The van der Waals surface area contributed by atoms with E-state index in [0.717, 1.165) is 11.6 Å². The predicted octanol–water partition coefficient (Wildman–Crippen LogP) is 3.04. The molecule has 0 aromatic heterocycles. The molecule has 0 unspecified atom stereocenters. The van der Waals surface area contributed by atoms with E-state index in [2.05, 4.69) is 5.32 Å². The summed E-state index contributed by atoms with van der Waals surface area (Å²) in [5.41, 5.74) is 6.29. The lowest BCUT2D eigenvalue weighted by molar-refractivity contribution is 0.0939. The summed E-state index contributed by atoms with van der Waals surface area (Å²) in [6.07, 6.45) is 0. The van der Waals surface area contributed by atoms with E-state index in [1.807, 2.05) is 0 Å². The first-order chi connectivity index (χ1) is 9.47. The Kier molecular flexibility index (Phi) is 3.98. The minimum Gasteiger partial charge on any atom is -0.396 e. The van der Waals surface area contributed by atoms with Gasteiger partial charge in [0, 0.05) is 5.56 Å². The summed E-state index contributed by atoms with van der Waals surface area (Å²) in [6, 6.07) is 9.37. The molecule has 1 atom stereocenters. The second-order valence-electron chi connectivity index (χ2n) is 4.48. The molecule has 0 bridgehead atoms. The molecule has 0 heterocycles. The number of benzene rings is 2. The molecule has 0 aliphatic carbocycles. The van der Waals surface area contributed by atoms with Crippen LogP contribution in [0.5, 0.6) is 0 Å². The number of anilines is 1. The lowest BCUT2D eigenvalue weighted by Gasteiger charge is -2.14. The number of hydrogen-bond acceptors (Lipinski definition) is 2. The highest BCUT2D eigenvalue weighted by Crippen LogP contribution is 2.16. The van der Waals surface area contributed by atoms with Crippen molar-refractivity contribution in [2.45, 2.75) is 13.0 Å². The van der Waals surface area contributed by atoms with Crippen LogP contribution >= 0.6 is 0 Å². The summed E-state index contributed by atoms with van der Waals surface area (Å²) in [7, 11) is 0. The molecule has 0 aliphatic rings. The van der Waals surface area contributed by atoms with Crippen molar-refractivity contribution in [3.63, 3.8) is 0 Å². The van der Waals surface area contributed by atoms with Crippen LogP contribution in [0.2, 0.25) is 0 Å². The fourth-order valence-corrected chi connectivity index (χ4v) is 1.78. The Morgan fingerprint density at radius 3 is 2.40 bits per heavy atom. The molecule has 2 aromatic rings. The number of nitrogens with one attached hydrogen (secondary N) is 1. The molecule has 5 heteroatoms. The molecule has 1 amide bonds. The molecule has 0 radical (unpaired) electrons. The third-order valence-corrected chi connectivity index (χ3v) is 2.98. The Balaban J connectivity index is 2.10. The molecule has 2 aromatic carbocycles. The van der Waals surface area contributed by atoms with E-state index in [1.54, 1.807) is 19.1 Å². The minimum absolute atomic E-state index is 0.00636. The van der Waals surface area contributed by atoms with Crippen LogP contribution in [-0.2, 0) is 0 Å². The molecule has 0 saturated heterocycles. The Morgan fingerprint density at radius 1 is 1.15 bits per heavy atom. The fourth-order valence-electron chi connectivity index (χ4n) is 1.78. The average Bonchev–Trinajstić information content (AvgIpc) is 2.42. The summed E-state index contributed by atoms with van der Waals surface area (Å²) < 4.78 is 26.1. The van der Waals surface area contributed by atoms with Crippen LogP contribution in [0.1, 0.15) is 28.9 Å². The summed E-state index contributed by atoms with van der Waals surface area (Å²) in [5.74, 6) is -1.39. The van der Waals surface area contributed by atoms with Crippen molar-refractivity contribution in [1.82, 2.24) is 5.32 Å². The Labute approximate surface area is 115 Å². The number of hydrogen-bond donors (Lipinski definition) is 2. The first-order valence-corrected chi connectivity index (χ1v) is 6.08. The molecule has 2 rings (SSSR count). The van der Waals surface area contributed by atoms with Gasteiger partial charge in [0.1, 0.15) is 11.6 Å². The minimum atomic E-state index is -0.632. The predicted molar refractivity (Wildman–Crippen MR) is 73.1 cm³/mol. The van der Waals surface area contributed by atoms with Crippen LogP contribution in [0.4, 0.5) is 14.5 Å². The maximum Gasteiger partial charge on any atom is 0.251 e. The number of carbonyl (C=O) groups excluding carboxylic acids is 1. The van der Waals surface area contributed by atoms with Crippen LogP contribution in [0.3, 0.4) is 0 Å². The highest BCUT2D eigenvalue weighted by Gasteiger charge is 2.12. The molecular formula is C15H14F2N2O. The maximum atomic E-state index is 13.3. The van der Waals surface area contributed by atoms with Gasteiger partial charge >= 0.3 is 0 Å². The van der Waals surface area contributed by atoms with Gasteiger partial charge in [-0.3, -0.25) is 4.79 Å². The van der Waals surface area contributed by atoms with Gasteiger partial charge in [-0.15, -0.1) is 0 Å². The molecule has 0 saturated carbocycles. The summed E-state index contributed by atoms with van der Waals surface area (Å²) in [6.45, 7) is 1.76. The second-order valence-corrected chi connectivity index (χ2v) is 4.48. The van der Waals surface area contributed by atoms with E-state index in [-0.39, 0.29) is 23.1 Å². The van der Waals surface area contributed by atoms with Crippen LogP contribution in [0, 0.1) is 11.6 Å². The SMILES string of the molecule is C[C@H](NC(=O)c1ccc(N)c(F)c1)c1ccc(F)cc1. The van der Waals surface area contributed by atoms with E-state index in [9.17, 15) is 13.6 Å². The highest BCUT2D eigenvalue weighted by atomic mass is 19.1. The lowest BCUT2D eigenvalue weighted by atomic mass is 10.1. The van der Waals surface area contributed by atoms with Crippen molar-refractivity contribution in [1.29, 1.82) is 0 Å². The second kappa shape index (κ2) is 5.69. The first kappa shape index (κ1) is 14.0. The van der Waals surface area contributed by atoms with Gasteiger partial charge in [-0.05, 0) is 42.8 Å². The van der Waals surface area contributed by atoms with Gasteiger partial charge in [0.15, 0.2) is 0 Å². The molecule has 3 N–H and O–H groups in total. The van der Waals surface area contributed by atoms with Gasteiger partial charge in [0.2, 0.25) is 0 Å². The van der Waals surface area contributed by atoms with Crippen molar-refractivity contribution in [3.8, 4) is 0 Å². The fraction of sp³-hybridized carbons (Fsp3) is 0.133. The van der Waals surface area contributed by atoms with Gasteiger partial charge < -0.3 is 11.1 Å². The molecule has 0 fully saturated rings. The molecular weight excluding hydrogens is 262 g/mol. The number of halogens is 2. The van der Waals surface area contributed by atoms with Crippen molar-refractivity contribution in [3.05, 3.63) is 65.2 Å². The third-order valence-electron chi connectivity index (χ3n) is 2.98. The maximum absolute atomic E-state index is 13.3. The lowest BCUT2D eigenvalue weighted by Crippen LogP contribution is -2.26. The Bertz CT molecular complexity index is 626. The zero-order valence-electron chi connectivity index (χ0n) is 10.9. The van der Waals surface area contributed by atoms with E-state index >= 15 is 0 Å². The Morgan fingerprint density at radius 2 is 1.80 bits per heavy atom. The first-order valence-electron chi connectivity index (χ1n) is 6.08. The zero-order valence-corrected chi connectivity index (χ0v) is 10.9. The van der Waals surface area contributed by atoms with E-state index < -0.39 is 11.7 Å². The third kappa shape index (κ3) is 3.12. The van der Waals surface area contributed by atoms with Crippen LogP contribution in [0.15, 0.2) is 42.5 Å². The number of nitrogen functional groups attached to an aromatic ring is 1. The summed E-state index contributed by atoms with van der Waals surface area (Å²) in [5, 5.41) is 2.71. The van der Waals surface area contributed by atoms with Gasteiger partial charge in [0.25, 0.3) is 5.91 Å². The normalized spacial score (nSPS) is 11.9. The average molecular weight is 276 g/mol. The zero-order chi connectivity index (χ0) is 14.7. The Hall–Kier alpha value is -2.43. The van der Waals surface area contributed by atoms with Crippen molar-refractivity contribution in [2.24, 2.45) is 0 Å². The number of amides is 1. The quantitative estimate of drug-likeness (QED) is 0.847. The summed E-state index contributed by atoms with van der Waals surface area (Å²) >= 11 is 0. The van der Waals surface area contributed by atoms with E-state index in [0.29, 0.717) is 0 Å². The smallest absolute Gasteiger partial charge is 0.251 e.